The Bertz CT molecular complexity index is 653. The van der Waals surface area contributed by atoms with Crippen LogP contribution in [0.2, 0.25) is 0 Å². The Labute approximate surface area is 133 Å². The highest BCUT2D eigenvalue weighted by Gasteiger charge is 2.19. The van der Waals surface area contributed by atoms with E-state index < -0.39 is 0 Å². The molecule has 1 aliphatic heterocycles. The van der Waals surface area contributed by atoms with E-state index in [4.69, 9.17) is 9.47 Å². The van der Waals surface area contributed by atoms with Crippen LogP contribution in [0.25, 0.3) is 0 Å². The summed E-state index contributed by atoms with van der Waals surface area (Å²) in [6, 6.07) is 14.5. The van der Waals surface area contributed by atoms with Crippen LogP contribution in [-0.2, 0) is 0 Å². The second-order valence-electron chi connectivity index (χ2n) is 4.96. The fourth-order valence-corrected chi connectivity index (χ4v) is 2.67. The summed E-state index contributed by atoms with van der Waals surface area (Å²) >= 11 is 1.88. The molecule has 0 atom stereocenters. The van der Waals surface area contributed by atoms with Crippen LogP contribution in [0.4, 0.5) is 5.69 Å². The van der Waals surface area contributed by atoms with Crippen molar-refractivity contribution in [3.63, 3.8) is 0 Å². The first-order valence-electron chi connectivity index (χ1n) is 7.05. The first-order valence-corrected chi connectivity index (χ1v) is 8.20. The third kappa shape index (κ3) is 3.36. The number of thioether (sulfide) groups is 1. The van der Waals surface area contributed by atoms with Crippen molar-refractivity contribution in [1.29, 1.82) is 0 Å². The molecule has 1 saturated heterocycles. The molecule has 5 heteroatoms. The molecular weight excluding hydrogens is 298 g/mol. The van der Waals surface area contributed by atoms with Gasteiger partial charge in [0.2, 0.25) is 0 Å². The maximum atomic E-state index is 12.3. The lowest BCUT2D eigenvalue weighted by molar-refractivity contribution is 0.102. The first kappa shape index (κ1) is 14.8. The molecule has 0 radical (unpaired) electrons. The Morgan fingerprint density at radius 2 is 1.86 bits per heavy atom. The third-order valence-corrected chi connectivity index (χ3v) is 4.60. The molecule has 1 aliphatic rings. The monoisotopic (exact) mass is 315 g/mol. The zero-order valence-corrected chi connectivity index (χ0v) is 13.1. The van der Waals surface area contributed by atoms with Gasteiger partial charge in [0.15, 0.2) is 0 Å². The molecule has 1 fully saturated rings. The minimum absolute atomic E-state index is 0.171. The van der Waals surface area contributed by atoms with E-state index in [1.807, 2.05) is 48.2 Å². The molecule has 1 amide bonds. The standard InChI is InChI=1S/C17H17NO3S/c1-20-16-5-3-2-4-15(16)18-17(19)12-6-8-13(9-7-12)21-14-10-22-11-14/h2-9,14H,10-11H2,1H3,(H,18,19). The van der Waals surface area contributed by atoms with Crippen molar-refractivity contribution < 1.29 is 14.3 Å². The molecule has 4 nitrogen and oxygen atoms in total. The molecule has 0 bridgehead atoms. The van der Waals surface area contributed by atoms with E-state index in [1.165, 1.54) is 0 Å². The van der Waals surface area contributed by atoms with E-state index in [1.54, 1.807) is 19.2 Å². The average Bonchev–Trinajstić information content (AvgIpc) is 2.52. The molecule has 114 valence electrons. The average molecular weight is 315 g/mol. The fourth-order valence-electron chi connectivity index (χ4n) is 2.10. The summed E-state index contributed by atoms with van der Waals surface area (Å²) in [5.74, 6) is 3.35. The molecule has 0 saturated carbocycles. The smallest absolute Gasteiger partial charge is 0.255 e. The van der Waals surface area contributed by atoms with Crippen molar-refractivity contribution >= 4 is 23.4 Å². The highest BCUT2D eigenvalue weighted by atomic mass is 32.2. The Kier molecular flexibility index (Phi) is 4.53. The SMILES string of the molecule is COc1ccccc1NC(=O)c1ccc(OC2CSC2)cc1. The van der Waals surface area contributed by atoms with Crippen molar-refractivity contribution in [2.24, 2.45) is 0 Å². The number of rotatable bonds is 5. The lowest BCUT2D eigenvalue weighted by Gasteiger charge is -2.25. The summed E-state index contributed by atoms with van der Waals surface area (Å²) in [6.45, 7) is 0. The van der Waals surface area contributed by atoms with E-state index in [-0.39, 0.29) is 5.91 Å². The van der Waals surface area contributed by atoms with Crippen molar-refractivity contribution in [2.45, 2.75) is 6.10 Å². The van der Waals surface area contributed by atoms with Gasteiger partial charge < -0.3 is 14.8 Å². The van der Waals surface area contributed by atoms with Crippen LogP contribution in [-0.4, -0.2) is 30.6 Å². The van der Waals surface area contributed by atoms with Gasteiger partial charge in [-0.15, -0.1) is 0 Å². The largest absolute Gasteiger partial charge is 0.495 e. The van der Waals surface area contributed by atoms with Gasteiger partial charge in [-0.25, -0.2) is 0 Å². The highest BCUT2D eigenvalue weighted by Crippen LogP contribution is 2.25. The predicted octanol–water partition coefficient (Wildman–Crippen LogP) is 3.44. The number of carbonyl (C=O) groups excluding carboxylic acids is 1. The second-order valence-corrected chi connectivity index (χ2v) is 6.03. The maximum Gasteiger partial charge on any atom is 0.255 e. The molecule has 0 unspecified atom stereocenters. The number of para-hydroxylation sites is 2. The molecule has 2 aromatic rings. The number of ether oxygens (including phenoxy) is 2. The van der Waals surface area contributed by atoms with Crippen molar-refractivity contribution in [3.8, 4) is 11.5 Å². The lowest BCUT2D eigenvalue weighted by atomic mass is 10.2. The van der Waals surface area contributed by atoms with Gasteiger partial charge in [0.25, 0.3) is 5.91 Å². The van der Waals surface area contributed by atoms with E-state index in [9.17, 15) is 4.79 Å². The Morgan fingerprint density at radius 1 is 1.14 bits per heavy atom. The zero-order valence-electron chi connectivity index (χ0n) is 12.2. The molecular formula is C17H17NO3S. The normalized spacial score (nSPS) is 14.0. The number of hydrogen-bond donors (Lipinski definition) is 1. The van der Waals surface area contributed by atoms with Crippen molar-refractivity contribution in [2.75, 3.05) is 23.9 Å². The first-order chi connectivity index (χ1) is 10.8. The Morgan fingerprint density at radius 3 is 2.50 bits per heavy atom. The maximum absolute atomic E-state index is 12.3. The summed E-state index contributed by atoms with van der Waals surface area (Å²) in [7, 11) is 1.58. The molecule has 1 heterocycles. The molecule has 0 spiro atoms. The van der Waals surface area contributed by atoms with Crippen LogP contribution >= 0.6 is 11.8 Å². The summed E-state index contributed by atoms with van der Waals surface area (Å²) in [6.07, 6.45) is 0.304. The number of amides is 1. The second kappa shape index (κ2) is 6.75. The zero-order chi connectivity index (χ0) is 15.4. The number of hydrogen-bond acceptors (Lipinski definition) is 4. The van der Waals surface area contributed by atoms with E-state index in [2.05, 4.69) is 5.32 Å². The van der Waals surface area contributed by atoms with Gasteiger partial charge in [-0.1, -0.05) is 12.1 Å². The van der Waals surface area contributed by atoms with Crippen molar-refractivity contribution in [3.05, 3.63) is 54.1 Å². The van der Waals surface area contributed by atoms with Crippen molar-refractivity contribution in [1.82, 2.24) is 0 Å². The molecule has 0 aliphatic carbocycles. The van der Waals surface area contributed by atoms with Gasteiger partial charge >= 0.3 is 0 Å². The quantitative estimate of drug-likeness (QED) is 0.918. The molecule has 1 N–H and O–H groups in total. The van der Waals surface area contributed by atoms with Gasteiger partial charge in [0, 0.05) is 17.1 Å². The van der Waals surface area contributed by atoms with Crippen LogP contribution in [0.5, 0.6) is 11.5 Å². The van der Waals surface area contributed by atoms with Gasteiger partial charge in [-0.3, -0.25) is 4.79 Å². The van der Waals surface area contributed by atoms with E-state index >= 15 is 0 Å². The number of benzene rings is 2. The Hall–Kier alpha value is -2.14. The van der Waals surface area contributed by atoms with E-state index in [0.717, 1.165) is 17.3 Å². The predicted molar refractivity (Wildman–Crippen MR) is 89.1 cm³/mol. The van der Waals surface area contributed by atoms with E-state index in [0.29, 0.717) is 23.1 Å². The van der Waals surface area contributed by atoms with Crippen LogP contribution in [0, 0.1) is 0 Å². The summed E-state index contributed by atoms with van der Waals surface area (Å²) in [5, 5.41) is 2.85. The van der Waals surface area contributed by atoms with Crippen LogP contribution in [0.3, 0.4) is 0 Å². The summed E-state index contributed by atoms with van der Waals surface area (Å²) < 4.78 is 11.0. The van der Waals surface area contributed by atoms with Crippen LogP contribution in [0.15, 0.2) is 48.5 Å². The molecule has 0 aromatic heterocycles. The van der Waals surface area contributed by atoms with Crippen LogP contribution < -0.4 is 14.8 Å². The molecule has 3 rings (SSSR count). The number of nitrogens with one attached hydrogen (secondary N) is 1. The van der Waals surface area contributed by atoms with Gasteiger partial charge in [0.1, 0.15) is 17.6 Å². The lowest BCUT2D eigenvalue weighted by Crippen LogP contribution is -2.31. The minimum Gasteiger partial charge on any atom is -0.495 e. The van der Waals surface area contributed by atoms with Gasteiger partial charge in [0.05, 0.1) is 12.8 Å². The molecule has 2 aromatic carbocycles. The van der Waals surface area contributed by atoms with Gasteiger partial charge in [-0.05, 0) is 36.4 Å². The third-order valence-electron chi connectivity index (χ3n) is 3.38. The summed E-state index contributed by atoms with van der Waals surface area (Å²) in [5.41, 5.74) is 1.24. The number of methoxy groups -OCH3 is 1. The van der Waals surface area contributed by atoms with Gasteiger partial charge in [-0.2, -0.15) is 11.8 Å². The van der Waals surface area contributed by atoms with Crippen LogP contribution in [0.1, 0.15) is 10.4 Å². The topological polar surface area (TPSA) is 47.6 Å². The fraction of sp³-hybridized carbons (Fsp3) is 0.235. The number of anilines is 1. The highest BCUT2D eigenvalue weighted by molar-refractivity contribution is 8.00. The Balaban J connectivity index is 1.66. The molecule has 22 heavy (non-hydrogen) atoms. The number of carbonyl (C=O) groups is 1. The summed E-state index contributed by atoms with van der Waals surface area (Å²) in [4.78, 5) is 12.3. The minimum atomic E-state index is -0.171.